The van der Waals surface area contributed by atoms with E-state index < -0.39 is 10.8 Å². The highest BCUT2D eigenvalue weighted by molar-refractivity contribution is 7.84. The maximum Gasteiger partial charge on any atom is 0.0444 e. The summed E-state index contributed by atoms with van der Waals surface area (Å²) in [7, 11) is -0.687. The molecule has 1 aliphatic rings. The second kappa shape index (κ2) is 5.83. The van der Waals surface area contributed by atoms with Crippen molar-refractivity contribution in [2.24, 2.45) is 0 Å². The van der Waals surface area contributed by atoms with Crippen molar-refractivity contribution >= 4 is 10.8 Å². The molecule has 14 heavy (non-hydrogen) atoms. The molecule has 1 saturated heterocycles. The number of nitrogens with one attached hydrogen (secondary N) is 1. The maximum atomic E-state index is 11.2. The topological polar surface area (TPSA) is 32.3 Å². The standard InChI is InChI=1S/C10H22N2OS/c1-4-10-8-12(6-5-11-10)7-9(2)14(3)13/h9-11H,4-8H2,1-3H3. The molecule has 0 aliphatic carbocycles. The molecular formula is C10H22N2OS. The van der Waals surface area contributed by atoms with Gasteiger partial charge in [0.2, 0.25) is 0 Å². The van der Waals surface area contributed by atoms with Crippen LogP contribution in [0.1, 0.15) is 20.3 Å². The molecule has 0 amide bonds. The predicted octanol–water partition coefficient (Wildman–Crippen LogP) is 0.437. The first-order valence-electron chi connectivity index (χ1n) is 5.41. The van der Waals surface area contributed by atoms with Gasteiger partial charge in [0.25, 0.3) is 0 Å². The molecule has 4 heteroatoms. The molecule has 1 fully saturated rings. The number of hydrogen-bond acceptors (Lipinski definition) is 3. The van der Waals surface area contributed by atoms with Crippen molar-refractivity contribution in [3.05, 3.63) is 0 Å². The zero-order valence-electron chi connectivity index (χ0n) is 9.45. The van der Waals surface area contributed by atoms with Crippen LogP contribution in [0.15, 0.2) is 0 Å². The molecule has 0 bridgehead atoms. The van der Waals surface area contributed by atoms with Crippen LogP contribution in [0.4, 0.5) is 0 Å². The molecule has 3 atom stereocenters. The van der Waals surface area contributed by atoms with Crippen LogP contribution in [0.5, 0.6) is 0 Å². The average Bonchev–Trinajstić information content (AvgIpc) is 2.18. The fraction of sp³-hybridized carbons (Fsp3) is 1.00. The molecule has 0 aromatic heterocycles. The van der Waals surface area contributed by atoms with Crippen molar-refractivity contribution in [1.82, 2.24) is 10.2 Å². The van der Waals surface area contributed by atoms with E-state index in [9.17, 15) is 4.21 Å². The van der Waals surface area contributed by atoms with Crippen LogP contribution in [0.3, 0.4) is 0 Å². The second-order valence-electron chi connectivity index (χ2n) is 4.13. The molecular weight excluding hydrogens is 196 g/mol. The molecule has 0 saturated carbocycles. The van der Waals surface area contributed by atoms with E-state index >= 15 is 0 Å². The third-order valence-electron chi connectivity index (χ3n) is 2.91. The Kier molecular flexibility index (Phi) is 5.06. The van der Waals surface area contributed by atoms with Crippen molar-refractivity contribution in [2.75, 3.05) is 32.4 Å². The van der Waals surface area contributed by atoms with E-state index in [1.54, 1.807) is 6.26 Å². The van der Waals surface area contributed by atoms with Crippen molar-refractivity contribution in [1.29, 1.82) is 0 Å². The largest absolute Gasteiger partial charge is 0.311 e. The smallest absolute Gasteiger partial charge is 0.0444 e. The number of nitrogens with zero attached hydrogens (tertiary/aromatic N) is 1. The molecule has 1 heterocycles. The van der Waals surface area contributed by atoms with Crippen LogP contribution < -0.4 is 5.32 Å². The molecule has 0 radical (unpaired) electrons. The summed E-state index contributed by atoms with van der Waals surface area (Å²) in [5.41, 5.74) is 0. The summed E-state index contributed by atoms with van der Waals surface area (Å²) in [5.74, 6) is 0. The Balaban J connectivity index is 2.33. The monoisotopic (exact) mass is 218 g/mol. The van der Waals surface area contributed by atoms with Crippen LogP contribution in [0, 0.1) is 0 Å². The van der Waals surface area contributed by atoms with Gasteiger partial charge in [0, 0.05) is 54.5 Å². The van der Waals surface area contributed by atoms with E-state index in [-0.39, 0.29) is 0 Å². The van der Waals surface area contributed by atoms with Gasteiger partial charge in [0.15, 0.2) is 0 Å². The Bertz CT molecular complexity index is 199. The lowest BCUT2D eigenvalue weighted by Gasteiger charge is -2.34. The first-order chi connectivity index (χ1) is 6.63. The van der Waals surface area contributed by atoms with Gasteiger partial charge in [-0.15, -0.1) is 0 Å². The average molecular weight is 218 g/mol. The van der Waals surface area contributed by atoms with Gasteiger partial charge in [0.05, 0.1) is 0 Å². The van der Waals surface area contributed by atoms with Crippen molar-refractivity contribution in [2.45, 2.75) is 31.6 Å². The van der Waals surface area contributed by atoms with Gasteiger partial charge in [-0.3, -0.25) is 9.11 Å². The van der Waals surface area contributed by atoms with Gasteiger partial charge in [-0.2, -0.15) is 0 Å². The molecule has 1 rings (SSSR count). The predicted molar refractivity (Wildman–Crippen MR) is 62.1 cm³/mol. The van der Waals surface area contributed by atoms with Gasteiger partial charge in [-0.05, 0) is 13.3 Å². The Labute approximate surface area is 89.7 Å². The summed E-state index contributed by atoms with van der Waals surface area (Å²) < 4.78 is 11.2. The minimum absolute atomic E-state index is 0.297. The summed E-state index contributed by atoms with van der Waals surface area (Å²) in [4.78, 5) is 2.43. The zero-order chi connectivity index (χ0) is 10.6. The van der Waals surface area contributed by atoms with Gasteiger partial charge in [-0.25, -0.2) is 0 Å². The lowest BCUT2D eigenvalue weighted by atomic mass is 10.1. The van der Waals surface area contributed by atoms with E-state index in [0.29, 0.717) is 11.3 Å². The molecule has 1 N–H and O–H groups in total. The Hall–Kier alpha value is 0.0700. The normalized spacial score (nSPS) is 28.6. The van der Waals surface area contributed by atoms with Crippen molar-refractivity contribution in [3.8, 4) is 0 Å². The van der Waals surface area contributed by atoms with Crippen molar-refractivity contribution in [3.63, 3.8) is 0 Å². The van der Waals surface area contributed by atoms with E-state index in [1.165, 1.54) is 6.42 Å². The van der Waals surface area contributed by atoms with E-state index in [4.69, 9.17) is 0 Å². The maximum absolute atomic E-state index is 11.2. The quantitative estimate of drug-likeness (QED) is 0.743. The molecule has 1 aliphatic heterocycles. The minimum atomic E-state index is -0.687. The minimum Gasteiger partial charge on any atom is -0.311 e. The Morgan fingerprint density at radius 2 is 2.36 bits per heavy atom. The first kappa shape index (κ1) is 12.1. The highest BCUT2D eigenvalue weighted by Gasteiger charge is 2.20. The van der Waals surface area contributed by atoms with Crippen LogP contribution in [0.25, 0.3) is 0 Å². The molecule has 3 unspecified atom stereocenters. The zero-order valence-corrected chi connectivity index (χ0v) is 10.3. The summed E-state index contributed by atoms with van der Waals surface area (Å²) in [6.45, 7) is 8.53. The van der Waals surface area contributed by atoms with Crippen LogP contribution in [-0.2, 0) is 10.8 Å². The Morgan fingerprint density at radius 1 is 1.64 bits per heavy atom. The number of rotatable bonds is 4. The van der Waals surface area contributed by atoms with Crippen molar-refractivity contribution < 1.29 is 4.21 Å². The fourth-order valence-corrected chi connectivity index (χ4v) is 2.22. The van der Waals surface area contributed by atoms with Gasteiger partial charge in [-0.1, -0.05) is 6.92 Å². The first-order valence-corrected chi connectivity index (χ1v) is 7.03. The molecule has 0 aromatic rings. The highest BCUT2D eigenvalue weighted by atomic mass is 32.2. The summed E-state index contributed by atoms with van der Waals surface area (Å²) in [5, 5.41) is 3.78. The molecule has 84 valence electrons. The SMILES string of the molecule is CCC1CN(CC(C)S(C)=O)CCN1. The third kappa shape index (κ3) is 3.67. The molecule has 3 nitrogen and oxygen atoms in total. The molecule has 0 spiro atoms. The summed E-state index contributed by atoms with van der Waals surface area (Å²) in [6.07, 6.45) is 2.98. The van der Waals surface area contributed by atoms with Gasteiger partial charge in [0.1, 0.15) is 0 Å². The number of hydrogen-bond donors (Lipinski definition) is 1. The van der Waals surface area contributed by atoms with Crippen LogP contribution in [-0.4, -0.2) is 52.8 Å². The van der Waals surface area contributed by atoms with Gasteiger partial charge >= 0.3 is 0 Å². The van der Waals surface area contributed by atoms with E-state index in [0.717, 1.165) is 26.2 Å². The molecule has 0 aromatic carbocycles. The van der Waals surface area contributed by atoms with Gasteiger partial charge < -0.3 is 5.32 Å². The van der Waals surface area contributed by atoms with E-state index in [1.807, 2.05) is 0 Å². The number of piperazine rings is 1. The fourth-order valence-electron chi connectivity index (χ4n) is 1.80. The third-order valence-corrected chi connectivity index (χ3v) is 4.20. The van der Waals surface area contributed by atoms with Crippen LogP contribution >= 0.6 is 0 Å². The van der Waals surface area contributed by atoms with Crippen LogP contribution in [0.2, 0.25) is 0 Å². The lowest BCUT2D eigenvalue weighted by Crippen LogP contribution is -2.52. The lowest BCUT2D eigenvalue weighted by molar-refractivity contribution is 0.199. The summed E-state index contributed by atoms with van der Waals surface area (Å²) in [6, 6.07) is 0.626. The summed E-state index contributed by atoms with van der Waals surface area (Å²) >= 11 is 0. The Morgan fingerprint density at radius 3 is 2.93 bits per heavy atom. The second-order valence-corrected chi connectivity index (χ2v) is 5.93. The highest BCUT2D eigenvalue weighted by Crippen LogP contribution is 2.05. The van der Waals surface area contributed by atoms with E-state index in [2.05, 4.69) is 24.1 Å².